The molecular weight excluding hydrogens is 532 g/mol. The fraction of sp³-hybridized carbons (Fsp3) is 0.767. The molecule has 3 unspecified atom stereocenters. The van der Waals surface area contributed by atoms with Gasteiger partial charge in [-0.15, -0.1) is 0 Å². The van der Waals surface area contributed by atoms with E-state index in [0.717, 1.165) is 6.29 Å². The summed E-state index contributed by atoms with van der Waals surface area (Å²) in [6.45, 7) is 16.6. The Hall–Kier alpha value is -2.47. The van der Waals surface area contributed by atoms with E-state index in [1.165, 1.54) is 6.08 Å². The van der Waals surface area contributed by atoms with E-state index in [0.29, 0.717) is 24.2 Å². The van der Waals surface area contributed by atoms with Crippen LogP contribution in [-0.4, -0.2) is 93.5 Å². The van der Waals surface area contributed by atoms with Crippen molar-refractivity contribution in [2.45, 2.75) is 97.2 Å². The lowest BCUT2D eigenvalue weighted by atomic mass is 9.80. The van der Waals surface area contributed by atoms with Crippen molar-refractivity contribution in [3.63, 3.8) is 0 Å². The summed E-state index contributed by atoms with van der Waals surface area (Å²) in [5, 5.41) is 2.75. The molecule has 0 saturated carbocycles. The van der Waals surface area contributed by atoms with Crippen LogP contribution >= 0.6 is 0 Å². The largest absolute Gasteiger partial charge is 0.456 e. The topological polar surface area (TPSA) is 122 Å². The number of cyclic esters (lactones) is 1. The van der Waals surface area contributed by atoms with Crippen LogP contribution in [-0.2, 0) is 38.0 Å². The van der Waals surface area contributed by atoms with Gasteiger partial charge in [0.2, 0.25) is 5.79 Å². The van der Waals surface area contributed by atoms with E-state index in [4.69, 9.17) is 28.4 Å². The first-order valence-electron chi connectivity index (χ1n) is 14.2. The second kappa shape index (κ2) is 14.6. The molecule has 1 amide bonds. The van der Waals surface area contributed by atoms with Gasteiger partial charge in [0.05, 0.1) is 23.4 Å². The number of alkyl carbamates (subject to hydrolysis) is 1. The highest BCUT2D eigenvalue weighted by molar-refractivity contribution is 5.89. The van der Waals surface area contributed by atoms with E-state index >= 15 is 0 Å². The van der Waals surface area contributed by atoms with Crippen molar-refractivity contribution in [1.29, 1.82) is 0 Å². The van der Waals surface area contributed by atoms with E-state index in [9.17, 15) is 14.4 Å². The van der Waals surface area contributed by atoms with Crippen LogP contribution in [0.5, 0.6) is 0 Å². The predicted molar refractivity (Wildman–Crippen MR) is 153 cm³/mol. The van der Waals surface area contributed by atoms with Crippen molar-refractivity contribution in [3.05, 3.63) is 24.0 Å². The molecule has 1 saturated heterocycles. The molecule has 234 valence electrons. The highest BCUT2D eigenvalue weighted by atomic mass is 16.7. The average molecular weight is 583 g/mol. The maximum absolute atomic E-state index is 12.7. The van der Waals surface area contributed by atoms with Crippen LogP contribution in [0.3, 0.4) is 0 Å². The SMILES string of the molecule is C=CCOC(=O)NCC1CC(N(C)C)C(C)[C@H](O[C@H]([C@@H](C)C2=C(C)C(=O)OC(C)(C)O2)[C@@](C)(C[C@@H](C)C=O)OC)O1. The van der Waals surface area contributed by atoms with Gasteiger partial charge in [-0.3, -0.25) is 0 Å². The van der Waals surface area contributed by atoms with Gasteiger partial charge in [-0.2, -0.15) is 0 Å². The average Bonchev–Trinajstić information content (AvgIpc) is 2.91. The van der Waals surface area contributed by atoms with Crippen molar-refractivity contribution < 1.29 is 42.8 Å². The Labute approximate surface area is 244 Å². The van der Waals surface area contributed by atoms with Crippen molar-refractivity contribution in [2.75, 3.05) is 34.4 Å². The molecule has 11 nitrogen and oxygen atoms in total. The molecule has 0 radical (unpaired) electrons. The third-order valence-electron chi connectivity index (χ3n) is 7.88. The van der Waals surface area contributed by atoms with Crippen molar-refractivity contribution in [3.8, 4) is 0 Å². The van der Waals surface area contributed by atoms with E-state index in [-0.39, 0.29) is 37.1 Å². The molecule has 11 heteroatoms. The van der Waals surface area contributed by atoms with Crippen LogP contribution in [0.4, 0.5) is 4.79 Å². The monoisotopic (exact) mass is 582 g/mol. The first kappa shape index (κ1) is 34.7. The molecular formula is C30H50N2O9. The lowest BCUT2D eigenvalue weighted by molar-refractivity contribution is -0.286. The maximum atomic E-state index is 12.7. The van der Waals surface area contributed by atoms with Crippen LogP contribution in [0.2, 0.25) is 0 Å². The number of ether oxygens (including phenoxy) is 6. The Bertz CT molecular complexity index is 966. The molecule has 2 rings (SSSR count). The maximum Gasteiger partial charge on any atom is 0.407 e. The zero-order chi connectivity index (χ0) is 31.1. The lowest BCUT2D eigenvalue weighted by Crippen LogP contribution is -2.57. The van der Waals surface area contributed by atoms with Crippen molar-refractivity contribution in [2.24, 2.45) is 17.8 Å². The Morgan fingerprint density at radius 1 is 1.29 bits per heavy atom. The minimum atomic E-state index is -1.16. The van der Waals surface area contributed by atoms with Crippen LogP contribution in [0.15, 0.2) is 24.0 Å². The summed E-state index contributed by atoms with van der Waals surface area (Å²) in [5.74, 6) is -2.06. The van der Waals surface area contributed by atoms with Gasteiger partial charge in [0.1, 0.15) is 18.7 Å². The number of nitrogens with one attached hydrogen (secondary N) is 1. The van der Waals surface area contributed by atoms with Gasteiger partial charge >= 0.3 is 12.1 Å². The Kier molecular flexibility index (Phi) is 12.4. The number of carbonyl (C=O) groups excluding carboxylic acids is 3. The molecule has 0 spiro atoms. The molecule has 0 aromatic heterocycles. The molecule has 2 aliphatic heterocycles. The van der Waals surface area contributed by atoms with Gasteiger partial charge in [-0.25, -0.2) is 9.59 Å². The number of nitrogens with zero attached hydrogens (tertiary/aromatic N) is 1. The fourth-order valence-electron chi connectivity index (χ4n) is 5.66. The molecule has 0 bridgehead atoms. The Morgan fingerprint density at radius 2 is 1.95 bits per heavy atom. The molecule has 1 fully saturated rings. The standard InChI is InChI=1S/C30H50N2O9/c1-12-13-37-28(35)31-16-22-14-23(32(9)10)19(3)27(38-22)39-25(30(8,36-11)15-18(2)17-33)20(4)24-21(5)26(34)41-29(6,7)40-24/h12,17-20,22-23,25,27H,1,13-16H2,2-11H3,(H,31,35)/t18-,19?,20+,22?,23?,25-,27+,30-/m1/s1. The normalized spacial score (nSPS) is 28.0. The fourth-order valence-corrected chi connectivity index (χ4v) is 5.66. The molecule has 2 heterocycles. The summed E-state index contributed by atoms with van der Waals surface area (Å²) in [6.07, 6.45) is 1.09. The summed E-state index contributed by atoms with van der Waals surface area (Å²) in [5.41, 5.74) is -0.616. The highest BCUT2D eigenvalue weighted by Crippen LogP contribution is 2.41. The summed E-state index contributed by atoms with van der Waals surface area (Å²) in [4.78, 5) is 38.6. The predicted octanol–water partition coefficient (Wildman–Crippen LogP) is 3.81. The van der Waals surface area contributed by atoms with Gasteiger partial charge in [0.25, 0.3) is 0 Å². The smallest absolute Gasteiger partial charge is 0.407 e. The van der Waals surface area contributed by atoms with Crippen LogP contribution in [0, 0.1) is 17.8 Å². The van der Waals surface area contributed by atoms with Crippen LogP contribution in [0.1, 0.15) is 61.3 Å². The van der Waals surface area contributed by atoms with E-state index < -0.39 is 41.8 Å². The van der Waals surface area contributed by atoms with E-state index in [1.54, 1.807) is 27.9 Å². The first-order chi connectivity index (χ1) is 19.1. The minimum Gasteiger partial charge on any atom is -0.456 e. The van der Waals surface area contributed by atoms with Gasteiger partial charge in [-0.05, 0) is 40.8 Å². The Morgan fingerprint density at radius 3 is 2.51 bits per heavy atom. The summed E-state index contributed by atoms with van der Waals surface area (Å²) in [6, 6.07) is 0.0733. The van der Waals surface area contributed by atoms with Crippen LogP contribution < -0.4 is 5.32 Å². The second-order valence-corrected chi connectivity index (χ2v) is 12.1. The molecule has 0 aromatic carbocycles. The number of esters is 1. The second-order valence-electron chi connectivity index (χ2n) is 12.1. The number of methoxy groups -OCH3 is 1. The zero-order valence-corrected chi connectivity index (χ0v) is 26.4. The lowest BCUT2D eigenvalue weighted by Gasteiger charge is -2.48. The summed E-state index contributed by atoms with van der Waals surface area (Å²) < 4.78 is 36.0. The number of rotatable bonds is 14. The zero-order valence-electron chi connectivity index (χ0n) is 26.4. The molecule has 0 aliphatic carbocycles. The number of amides is 1. The molecule has 41 heavy (non-hydrogen) atoms. The highest BCUT2D eigenvalue weighted by Gasteiger charge is 2.49. The number of hydrogen-bond donors (Lipinski definition) is 1. The van der Waals surface area contributed by atoms with Gasteiger partial charge < -0.3 is 43.4 Å². The third kappa shape index (κ3) is 9.01. The summed E-state index contributed by atoms with van der Waals surface area (Å²) in [7, 11) is 5.57. The molecule has 2 aliphatic rings. The summed E-state index contributed by atoms with van der Waals surface area (Å²) >= 11 is 0. The quantitative estimate of drug-likeness (QED) is 0.184. The first-order valence-corrected chi connectivity index (χ1v) is 14.2. The van der Waals surface area contributed by atoms with Crippen LogP contribution in [0.25, 0.3) is 0 Å². The Balaban J connectivity index is 2.46. The van der Waals surface area contributed by atoms with Gasteiger partial charge in [-0.1, -0.05) is 33.4 Å². The molecule has 8 atom stereocenters. The van der Waals surface area contributed by atoms with Crippen molar-refractivity contribution >= 4 is 18.3 Å². The van der Waals surface area contributed by atoms with E-state index in [2.05, 4.69) is 23.7 Å². The molecule has 0 aromatic rings. The molecule has 1 N–H and O–H groups in total. The number of aldehydes is 1. The number of hydrogen-bond acceptors (Lipinski definition) is 10. The third-order valence-corrected chi connectivity index (χ3v) is 7.88. The van der Waals surface area contributed by atoms with Gasteiger partial charge in [0, 0.05) is 51.3 Å². The number of carbonyl (C=O) groups is 3. The van der Waals surface area contributed by atoms with Gasteiger partial charge in [0.15, 0.2) is 6.29 Å². The van der Waals surface area contributed by atoms with E-state index in [1.807, 2.05) is 34.9 Å². The van der Waals surface area contributed by atoms with Crippen molar-refractivity contribution in [1.82, 2.24) is 10.2 Å². The minimum absolute atomic E-state index is 0.0722.